The number of rotatable bonds is 3. The fraction of sp³-hybridized carbons (Fsp3) is 0.625. The Hall–Kier alpha value is -1.02. The van der Waals surface area contributed by atoms with E-state index in [1.54, 1.807) is 0 Å². The summed E-state index contributed by atoms with van der Waals surface area (Å²) in [5.41, 5.74) is 3.34. The molecular formula is C16H26N2. The second-order valence-electron chi connectivity index (χ2n) is 6.22. The van der Waals surface area contributed by atoms with E-state index in [4.69, 9.17) is 0 Å². The molecule has 1 atom stereocenters. The quantitative estimate of drug-likeness (QED) is 0.876. The van der Waals surface area contributed by atoms with Crippen LogP contribution in [0.15, 0.2) is 24.3 Å². The molecule has 1 heterocycles. The van der Waals surface area contributed by atoms with Gasteiger partial charge in [-0.25, -0.2) is 0 Å². The lowest BCUT2D eigenvalue weighted by molar-refractivity contribution is 0.279. The zero-order valence-electron chi connectivity index (χ0n) is 12.2. The van der Waals surface area contributed by atoms with Crippen molar-refractivity contribution in [2.75, 3.05) is 25.0 Å². The van der Waals surface area contributed by atoms with Crippen LogP contribution in [0.4, 0.5) is 5.69 Å². The maximum atomic E-state index is 3.35. The van der Waals surface area contributed by atoms with Gasteiger partial charge in [-0.2, -0.15) is 0 Å². The van der Waals surface area contributed by atoms with Crippen molar-refractivity contribution in [3.63, 3.8) is 0 Å². The van der Waals surface area contributed by atoms with E-state index in [1.807, 2.05) is 7.05 Å². The Balaban J connectivity index is 2.19. The summed E-state index contributed by atoms with van der Waals surface area (Å²) < 4.78 is 0. The fourth-order valence-corrected chi connectivity index (χ4v) is 2.65. The predicted octanol–water partition coefficient (Wildman–Crippen LogP) is 3.59. The van der Waals surface area contributed by atoms with Crippen LogP contribution in [-0.2, 0) is 0 Å². The van der Waals surface area contributed by atoms with Gasteiger partial charge in [-0.15, -0.1) is 0 Å². The Morgan fingerprint density at radius 1 is 1.17 bits per heavy atom. The van der Waals surface area contributed by atoms with Crippen LogP contribution < -0.4 is 10.2 Å². The Bertz CT molecular complexity index is 388. The Morgan fingerprint density at radius 2 is 1.78 bits per heavy atom. The molecular weight excluding hydrogens is 220 g/mol. The summed E-state index contributed by atoms with van der Waals surface area (Å²) in [5, 5.41) is 3.35. The number of piperidine rings is 1. The van der Waals surface area contributed by atoms with Crippen molar-refractivity contribution in [1.82, 2.24) is 5.32 Å². The highest BCUT2D eigenvalue weighted by Gasteiger charge is 2.26. The minimum Gasteiger partial charge on any atom is -0.371 e. The van der Waals surface area contributed by atoms with Crippen molar-refractivity contribution >= 4 is 5.69 Å². The predicted molar refractivity (Wildman–Crippen MR) is 79.1 cm³/mol. The summed E-state index contributed by atoms with van der Waals surface area (Å²) in [6.07, 6.45) is 2.57. The van der Waals surface area contributed by atoms with Crippen LogP contribution in [-0.4, -0.2) is 20.1 Å². The molecule has 1 aliphatic rings. The molecule has 1 fully saturated rings. The van der Waals surface area contributed by atoms with E-state index < -0.39 is 0 Å². The van der Waals surface area contributed by atoms with Gasteiger partial charge in [0.2, 0.25) is 0 Å². The van der Waals surface area contributed by atoms with Crippen molar-refractivity contribution < 1.29 is 0 Å². The Kier molecular flexibility index (Phi) is 3.96. The van der Waals surface area contributed by atoms with E-state index in [-0.39, 0.29) is 0 Å². The van der Waals surface area contributed by atoms with Gasteiger partial charge in [0.1, 0.15) is 0 Å². The van der Waals surface area contributed by atoms with Gasteiger partial charge < -0.3 is 10.2 Å². The van der Waals surface area contributed by atoms with Crippen molar-refractivity contribution in [3.8, 4) is 0 Å². The lowest BCUT2D eigenvalue weighted by atomic mass is 9.82. The third-order valence-corrected chi connectivity index (χ3v) is 4.29. The van der Waals surface area contributed by atoms with Crippen LogP contribution >= 0.6 is 0 Å². The molecule has 2 nitrogen and oxygen atoms in total. The molecule has 1 aromatic rings. The van der Waals surface area contributed by atoms with E-state index in [9.17, 15) is 0 Å². The van der Waals surface area contributed by atoms with Gasteiger partial charge in [0.15, 0.2) is 0 Å². The number of hydrogen-bond acceptors (Lipinski definition) is 2. The van der Waals surface area contributed by atoms with E-state index in [2.05, 4.69) is 55.3 Å². The number of benzene rings is 1. The number of hydrogen-bond donors (Lipinski definition) is 1. The van der Waals surface area contributed by atoms with Crippen LogP contribution in [0.3, 0.4) is 0 Å². The minimum atomic E-state index is 0.413. The zero-order valence-corrected chi connectivity index (χ0v) is 12.2. The molecule has 0 aromatic heterocycles. The molecule has 1 aromatic carbocycles. The standard InChI is InChI=1S/C16H26N2/c1-13(17-4)14-7-5-6-8-15(14)18-11-9-16(2,3)10-12-18/h5-8,13,17H,9-12H2,1-4H3. The average molecular weight is 246 g/mol. The molecule has 0 amide bonds. The van der Waals surface area contributed by atoms with Crippen molar-refractivity contribution in [3.05, 3.63) is 29.8 Å². The van der Waals surface area contributed by atoms with E-state index in [0.29, 0.717) is 11.5 Å². The lowest BCUT2D eigenvalue weighted by Gasteiger charge is -2.39. The Morgan fingerprint density at radius 3 is 2.39 bits per heavy atom. The first-order valence-corrected chi connectivity index (χ1v) is 7.05. The molecule has 0 radical (unpaired) electrons. The van der Waals surface area contributed by atoms with Crippen LogP contribution in [0.2, 0.25) is 0 Å². The molecule has 2 heteroatoms. The minimum absolute atomic E-state index is 0.413. The smallest absolute Gasteiger partial charge is 0.0414 e. The number of para-hydroxylation sites is 1. The maximum Gasteiger partial charge on any atom is 0.0414 e. The normalized spacial score (nSPS) is 20.8. The molecule has 0 bridgehead atoms. The number of anilines is 1. The SMILES string of the molecule is CNC(C)c1ccccc1N1CCC(C)(C)CC1. The summed E-state index contributed by atoms with van der Waals surface area (Å²) in [5.74, 6) is 0. The third-order valence-electron chi connectivity index (χ3n) is 4.29. The second kappa shape index (κ2) is 5.31. The van der Waals surface area contributed by atoms with Gasteiger partial charge >= 0.3 is 0 Å². The zero-order chi connectivity index (χ0) is 13.2. The molecule has 18 heavy (non-hydrogen) atoms. The second-order valence-corrected chi connectivity index (χ2v) is 6.22. The highest BCUT2D eigenvalue weighted by Crippen LogP contribution is 2.34. The van der Waals surface area contributed by atoms with Crippen LogP contribution in [0, 0.1) is 5.41 Å². The lowest BCUT2D eigenvalue weighted by Crippen LogP contribution is -2.38. The molecule has 0 aliphatic carbocycles. The molecule has 1 N–H and O–H groups in total. The number of nitrogens with one attached hydrogen (secondary N) is 1. The van der Waals surface area contributed by atoms with E-state index >= 15 is 0 Å². The first-order chi connectivity index (χ1) is 8.53. The molecule has 1 saturated heterocycles. The Labute approximate surface area is 111 Å². The van der Waals surface area contributed by atoms with Crippen molar-refractivity contribution in [2.45, 2.75) is 39.7 Å². The third kappa shape index (κ3) is 2.86. The fourth-order valence-electron chi connectivity index (χ4n) is 2.65. The summed E-state index contributed by atoms with van der Waals surface area (Å²) in [4.78, 5) is 2.55. The summed E-state index contributed by atoms with van der Waals surface area (Å²) in [6.45, 7) is 9.35. The first-order valence-electron chi connectivity index (χ1n) is 7.05. The first kappa shape index (κ1) is 13.4. The van der Waals surface area contributed by atoms with E-state index in [0.717, 1.165) is 0 Å². The van der Waals surface area contributed by atoms with Gasteiger partial charge in [0, 0.05) is 24.8 Å². The summed E-state index contributed by atoms with van der Waals surface area (Å²) in [6, 6.07) is 9.22. The largest absolute Gasteiger partial charge is 0.371 e. The van der Waals surface area contributed by atoms with Crippen LogP contribution in [0.1, 0.15) is 45.2 Å². The van der Waals surface area contributed by atoms with Gasteiger partial charge in [-0.1, -0.05) is 32.0 Å². The van der Waals surface area contributed by atoms with E-state index in [1.165, 1.54) is 37.2 Å². The summed E-state index contributed by atoms with van der Waals surface area (Å²) >= 11 is 0. The average Bonchev–Trinajstić information content (AvgIpc) is 2.38. The topological polar surface area (TPSA) is 15.3 Å². The molecule has 0 saturated carbocycles. The van der Waals surface area contributed by atoms with Gasteiger partial charge in [-0.3, -0.25) is 0 Å². The highest BCUT2D eigenvalue weighted by atomic mass is 15.1. The van der Waals surface area contributed by atoms with Crippen LogP contribution in [0.25, 0.3) is 0 Å². The molecule has 1 aliphatic heterocycles. The van der Waals surface area contributed by atoms with Crippen molar-refractivity contribution in [2.24, 2.45) is 5.41 Å². The van der Waals surface area contributed by atoms with Crippen LogP contribution in [0.5, 0.6) is 0 Å². The number of nitrogens with zero attached hydrogens (tertiary/aromatic N) is 1. The van der Waals surface area contributed by atoms with Crippen molar-refractivity contribution in [1.29, 1.82) is 0 Å². The molecule has 1 unspecified atom stereocenters. The summed E-state index contributed by atoms with van der Waals surface area (Å²) in [7, 11) is 2.03. The monoisotopic (exact) mass is 246 g/mol. The van der Waals surface area contributed by atoms with Gasteiger partial charge in [0.25, 0.3) is 0 Å². The molecule has 100 valence electrons. The maximum absolute atomic E-state index is 3.35. The molecule has 0 spiro atoms. The highest BCUT2D eigenvalue weighted by molar-refractivity contribution is 5.55. The molecule has 2 rings (SSSR count). The van der Waals surface area contributed by atoms with Gasteiger partial charge in [0.05, 0.1) is 0 Å². The van der Waals surface area contributed by atoms with Gasteiger partial charge in [-0.05, 0) is 43.9 Å².